The Balaban J connectivity index is 1.81. The maximum absolute atomic E-state index is 13.2. The molecule has 1 aliphatic heterocycles. The molecule has 1 fully saturated rings. The lowest BCUT2D eigenvalue weighted by molar-refractivity contribution is -0.122. The standard InChI is InChI=1S/C24H19N3O3/c1-4-11-26-14-17(19-7-5-6-8-21(19)26)13-20-22(28)25-24(30)27(23(20)29)18-10-9-15(2)16(3)12-18/h1,5-10,12-14H,11H2,2-3H3,(H,25,28,30)/b20-13+. The third-order valence-electron chi connectivity index (χ3n) is 5.23. The van der Waals surface area contributed by atoms with Gasteiger partial charge >= 0.3 is 6.03 Å². The number of barbiturate groups is 1. The number of aryl methyl sites for hydroxylation is 2. The molecule has 0 atom stereocenters. The number of imide groups is 2. The van der Waals surface area contributed by atoms with Crippen LogP contribution in [0, 0.1) is 26.2 Å². The number of para-hydroxylation sites is 1. The molecule has 4 amide bonds. The number of rotatable bonds is 3. The number of fused-ring (bicyclic) bond motifs is 1. The first-order valence-corrected chi connectivity index (χ1v) is 9.40. The molecule has 1 N–H and O–H groups in total. The summed E-state index contributed by atoms with van der Waals surface area (Å²) in [4.78, 5) is 39.1. The SMILES string of the molecule is C#CCn1cc(/C=C2\C(=O)NC(=O)N(c3ccc(C)c(C)c3)C2=O)c2ccccc21. The van der Waals surface area contributed by atoms with Crippen LogP contribution < -0.4 is 10.2 Å². The summed E-state index contributed by atoms with van der Waals surface area (Å²) in [5.74, 6) is 1.21. The minimum atomic E-state index is -0.764. The number of nitrogens with zero attached hydrogens (tertiary/aromatic N) is 2. The molecule has 0 unspecified atom stereocenters. The van der Waals surface area contributed by atoms with E-state index in [2.05, 4.69) is 11.2 Å². The fraction of sp³-hybridized carbons (Fsp3) is 0.125. The van der Waals surface area contributed by atoms with Crippen molar-refractivity contribution in [2.75, 3.05) is 4.90 Å². The number of nitrogens with one attached hydrogen (secondary N) is 1. The van der Waals surface area contributed by atoms with Crippen molar-refractivity contribution >= 4 is 40.5 Å². The number of hydrogen-bond acceptors (Lipinski definition) is 3. The van der Waals surface area contributed by atoms with Gasteiger partial charge in [0, 0.05) is 22.7 Å². The molecular formula is C24H19N3O3. The van der Waals surface area contributed by atoms with Crippen molar-refractivity contribution in [1.82, 2.24) is 9.88 Å². The summed E-state index contributed by atoms with van der Waals surface area (Å²) >= 11 is 0. The van der Waals surface area contributed by atoms with E-state index in [-0.39, 0.29) is 5.57 Å². The van der Waals surface area contributed by atoms with Crippen molar-refractivity contribution in [2.45, 2.75) is 20.4 Å². The summed E-state index contributed by atoms with van der Waals surface area (Å²) in [6, 6.07) is 12.1. The van der Waals surface area contributed by atoms with E-state index in [1.807, 2.05) is 48.7 Å². The summed E-state index contributed by atoms with van der Waals surface area (Å²) in [6.07, 6.45) is 8.77. The molecule has 6 nitrogen and oxygen atoms in total. The number of carbonyl (C=O) groups is 3. The fourth-order valence-electron chi connectivity index (χ4n) is 3.53. The van der Waals surface area contributed by atoms with Crippen LogP contribution in [0.5, 0.6) is 0 Å². The van der Waals surface area contributed by atoms with Crippen molar-refractivity contribution in [3.8, 4) is 12.3 Å². The van der Waals surface area contributed by atoms with Gasteiger partial charge in [0.25, 0.3) is 11.8 Å². The van der Waals surface area contributed by atoms with E-state index in [0.717, 1.165) is 26.9 Å². The number of anilines is 1. The summed E-state index contributed by atoms with van der Waals surface area (Å²) in [7, 11) is 0. The van der Waals surface area contributed by atoms with Gasteiger partial charge in [-0.3, -0.25) is 14.9 Å². The van der Waals surface area contributed by atoms with Gasteiger partial charge in [-0.1, -0.05) is 30.2 Å². The topological polar surface area (TPSA) is 71.4 Å². The number of hydrogen-bond donors (Lipinski definition) is 1. The van der Waals surface area contributed by atoms with Crippen molar-refractivity contribution in [2.24, 2.45) is 0 Å². The highest BCUT2D eigenvalue weighted by Crippen LogP contribution is 2.27. The van der Waals surface area contributed by atoms with Crippen LogP contribution in [0.25, 0.3) is 17.0 Å². The molecule has 2 aromatic carbocycles. The number of carbonyl (C=O) groups excluding carboxylic acids is 3. The average molecular weight is 397 g/mol. The van der Waals surface area contributed by atoms with Gasteiger partial charge in [0.1, 0.15) is 5.57 Å². The molecule has 1 aliphatic rings. The molecule has 1 aromatic heterocycles. The van der Waals surface area contributed by atoms with E-state index >= 15 is 0 Å². The van der Waals surface area contributed by atoms with E-state index in [0.29, 0.717) is 17.8 Å². The highest BCUT2D eigenvalue weighted by atomic mass is 16.2. The van der Waals surface area contributed by atoms with E-state index in [9.17, 15) is 14.4 Å². The number of aromatic nitrogens is 1. The van der Waals surface area contributed by atoms with Crippen LogP contribution in [0.2, 0.25) is 0 Å². The monoisotopic (exact) mass is 397 g/mol. The van der Waals surface area contributed by atoms with Crippen molar-refractivity contribution in [1.29, 1.82) is 0 Å². The lowest BCUT2D eigenvalue weighted by atomic mass is 10.0. The molecule has 1 saturated heterocycles. The maximum Gasteiger partial charge on any atom is 0.335 e. The normalized spacial score (nSPS) is 15.6. The molecule has 148 valence electrons. The first-order valence-electron chi connectivity index (χ1n) is 9.40. The predicted octanol–water partition coefficient (Wildman–Crippen LogP) is 3.56. The minimum absolute atomic E-state index is 0.114. The molecule has 0 radical (unpaired) electrons. The Labute approximate surface area is 173 Å². The molecule has 4 rings (SSSR count). The highest BCUT2D eigenvalue weighted by Gasteiger charge is 2.37. The van der Waals surface area contributed by atoms with Gasteiger partial charge in [-0.15, -0.1) is 6.42 Å². The van der Waals surface area contributed by atoms with Crippen LogP contribution in [0.3, 0.4) is 0 Å². The van der Waals surface area contributed by atoms with Crippen molar-refractivity contribution < 1.29 is 14.4 Å². The third kappa shape index (κ3) is 3.16. The lowest BCUT2D eigenvalue weighted by Crippen LogP contribution is -2.54. The van der Waals surface area contributed by atoms with E-state index in [1.54, 1.807) is 18.3 Å². The molecule has 0 bridgehead atoms. The first kappa shape index (κ1) is 19.2. The molecule has 30 heavy (non-hydrogen) atoms. The summed E-state index contributed by atoms with van der Waals surface area (Å²) < 4.78 is 1.87. The Morgan fingerprint density at radius 2 is 1.83 bits per heavy atom. The third-order valence-corrected chi connectivity index (χ3v) is 5.23. The summed E-state index contributed by atoms with van der Waals surface area (Å²) in [6.45, 7) is 4.20. The number of urea groups is 1. The van der Waals surface area contributed by atoms with Crippen molar-refractivity contribution in [3.63, 3.8) is 0 Å². The second kappa shape index (κ2) is 7.37. The van der Waals surface area contributed by atoms with Crippen LogP contribution in [-0.4, -0.2) is 22.4 Å². The maximum atomic E-state index is 13.2. The quantitative estimate of drug-likeness (QED) is 0.417. The van der Waals surface area contributed by atoms with E-state index in [1.165, 1.54) is 6.08 Å². The Morgan fingerprint density at radius 3 is 2.57 bits per heavy atom. The molecule has 0 saturated carbocycles. The average Bonchev–Trinajstić information content (AvgIpc) is 3.06. The van der Waals surface area contributed by atoms with Gasteiger partial charge in [-0.05, 0) is 49.2 Å². The predicted molar refractivity (Wildman–Crippen MR) is 116 cm³/mol. The molecule has 3 aromatic rings. The Hall–Kier alpha value is -4.11. The van der Waals surface area contributed by atoms with Gasteiger partial charge in [-0.2, -0.15) is 0 Å². The van der Waals surface area contributed by atoms with Crippen LogP contribution in [0.1, 0.15) is 16.7 Å². The number of benzene rings is 2. The van der Waals surface area contributed by atoms with Gasteiger partial charge in [0.05, 0.1) is 12.2 Å². The molecular weight excluding hydrogens is 378 g/mol. The highest BCUT2D eigenvalue weighted by molar-refractivity contribution is 6.39. The van der Waals surface area contributed by atoms with Gasteiger partial charge in [-0.25, -0.2) is 9.69 Å². The Kier molecular flexibility index (Phi) is 4.72. The molecule has 2 heterocycles. The smallest absolute Gasteiger partial charge is 0.335 e. The lowest BCUT2D eigenvalue weighted by Gasteiger charge is -2.26. The van der Waals surface area contributed by atoms with Gasteiger partial charge < -0.3 is 4.57 Å². The number of terminal acetylenes is 1. The second-order valence-electron chi connectivity index (χ2n) is 7.16. The second-order valence-corrected chi connectivity index (χ2v) is 7.16. The first-order chi connectivity index (χ1) is 14.4. The zero-order chi connectivity index (χ0) is 21.4. The Bertz CT molecular complexity index is 1290. The van der Waals surface area contributed by atoms with Crippen LogP contribution in [0.15, 0.2) is 54.2 Å². The summed E-state index contributed by atoms with van der Waals surface area (Å²) in [5.41, 5.74) is 3.84. The molecule has 0 aliphatic carbocycles. The molecule has 6 heteroatoms. The van der Waals surface area contributed by atoms with E-state index in [4.69, 9.17) is 6.42 Å². The minimum Gasteiger partial charge on any atom is -0.335 e. The van der Waals surface area contributed by atoms with Gasteiger partial charge in [0.15, 0.2) is 0 Å². The van der Waals surface area contributed by atoms with Crippen LogP contribution >= 0.6 is 0 Å². The van der Waals surface area contributed by atoms with E-state index < -0.39 is 17.8 Å². The zero-order valence-corrected chi connectivity index (χ0v) is 16.6. The number of amides is 4. The summed E-state index contributed by atoms with van der Waals surface area (Å²) in [5, 5.41) is 3.12. The fourth-order valence-corrected chi connectivity index (χ4v) is 3.53. The largest absolute Gasteiger partial charge is 0.335 e. The van der Waals surface area contributed by atoms with Crippen LogP contribution in [0.4, 0.5) is 10.5 Å². The Morgan fingerprint density at radius 1 is 1.07 bits per heavy atom. The van der Waals surface area contributed by atoms with Crippen LogP contribution in [-0.2, 0) is 16.1 Å². The molecule has 0 spiro atoms. The zero-order valence-electron chi connectivity index (χ0n) is 16.6. The van der Waals surface area contributed by atoms with Crippen molar-refractivity contribution in [3.05, 3.63) is 70.9 Å². The van der Waals surface area contributed by atoms with Gasteiger partial charge in [0.2, 0.25) is 0 Å².